The molecular weight excluding hydrogens is 276 g/mol. The summed E-state index contributed by atoms with van der Waals surface area (Å²) in [5.74, 6) is -0.131. The van der Waals surface area contributed by atoms with Crippen molar-refractivity contribution in [2.75, 3.05) is 13.2 Å². The van der Waals surface area contributed by atoms with Crippen molar-refractivity contribution in [3.05, 3.63) is 24.0 Å². The zero-order valence-electron chi connectivity index (χ0n) is 11.5. The van der Waals surface area contributed by atoms with Crippen LogP contribution in [0.2, 0.25) is 0 Å². The molecule has 20 heavy (non-hydrogen) atoms. The van der Waals surface area contributed by atoms with E-state index in [1.165, 1.54) is 0 Å². The third kappa shape index (κ3) is 4.50. The number of amides is 1. The van der Waals surface area contributed by atoms with Crippen molar-refractivity contribution in [2.24, 2.45) is 7.05 Å². The van der Waals surface area contributed by atoms with Crippen LogP contribution in [0.3, 0.4) is 0 Å². The minimum Gasteiger partial charge on any atom is -0.376 e. The highest BCUT2D eigenvalue weighted by atomic mass is 32.1. The summed E-state index contributed by atoms with van der Waals surface area (Å²) < 4.78 is 7.38. The van der Waals surface area contributed by atoms with E-state index in [0.717, 1.165) is 25.1 Å². The van der Waals surface area contributed by atoms with Crippen molar-refractivity contribution in [3.8, 4) is 0 Å². The summed E-state index contributed by atoms with van der Waals surface area (Å²) in [6.07, 6.45) is 4.58. The number of carbonyl (C=O) groups is 1. The minimum absolute atomic E-state index is 0.131. The maximum absolute atomic E-state index is 11.7. The van der Waals surface area contributed by atoms with Gasteiger partial charge in [-0.15, -0.1) is 0 Å². The third-order valence-corrected chi connectivity index (χ3v) is 3.47. The molecule has 7 heteroatoms. The quantitative estimate of drug-likeness (QED) is 0.549. The normalized spacial score (nSPS) is 17.8. The second-order valence-corrected chi connectivity index (χ2v) is 5.21. The number of ether oxygens (including phenoxy) is 1. The van der Waals surface area contributed by atoms with Gasteiger partial charge in [-0.2, -0.15) is 0 Å². The van der Waals surface area contributed by atoms with Gasteiger partial charge in [0, 0.05) is 32.1 Å². The Morgan fingerprint density at radius 3 is 3.05 bits per heavy atom. The number of aryl methyl sites for hydroxylation is 1. The van der Waals surface area contributed by atoms with Crippen molar-refractivity contribution in [1.82, 2.24) is 20.7 Å². The van der Waals surface area contributed by atoms with Crippen molar-refractivity contribution in [3.63, 3.8) is 0 Å². The van der Waals surface area contributed by atoms with E-state index < -0.39 is 0 Å². The van der Waals surface area contributed by atoms with Gasteiger partial charge in [-0.05, 0) is 37.2 Å². The van der Waals surface area contributed by atoms with Gasteiger partial charge in [-0.3, -0.25) is 15.6 Å². The van der Waals surface area contributed by atoms with Gasteiger partial charge in [0.1, 0.15) is 0 Å². The first kappa shape index (κ1) is 14.8. The summed E-state index contributed by atoms with van der Waals surface area (Å²) >= 11 is 5.08. The molecule has 1 aliphatic rings. The van der Waals surface area contributed by atoms with Gasteiger partial charge in [0.05, 0.1) is 12.5 Å². The van der Waals surface area contributed by atoms with Crippen LogP contribution >= 0.6 is 12.2 Å². The molecule has 0 saturated carbocycles. The molecule has 0 spiro atoms. The predicted molar refractivity (Wildman–Crippen MR) is 80.0 cm³/mol. The van der Waals surface area contributed by atoms with Crippen molar-refractivity contribution >= 4 is 23.2 Å². The Morgan fingerprint density at radius 1 is 1.55 bits per heavy atom. The highest BCUT2D eigenvalue weighted by Crippen LogP contribution is 2.10. The Hall–Kier alpha value is -1.60. The molecule has 0 aliphatic carbocycles. The molecule has 1 aromatic rings. The zero-order valence-corrected chi connectivity index (χ0v) is 12.3. The lowest BCUT2D eigenvalue weighted by Crippen LogP contribution is -2.48. The van der Waals surface area contributed by atoms with Crippen LogP contribution in [-0.2, 0) is 23.0 Å². The Balaban J connectivity index is 1.62. The molecule has 2 rings (SSSR count). The Kier molecular flexibility index (Phi) is 5.37. The van der Waals surface area contributed by atoms with Crippen molar-refractivity contribution < 1.29 is 9.53 Å². The number of thiocarbonyl (C=S) groups is 1. The molecule has 0 unspecified atom stereocenters. The van der Waals surface area contributed by atoms with Crippen LogP contribution in [-0.4, -0.2) is 34.8 Å². The summed E-state index contributed by atoms with van der Waals surface area (Å²) in [4.78, 5) is 11.7. The number of hydrazine groups is 1. The summed E-state index contributed by atoms with van der Waals surface area (Å²) in [6.45, 7) is 1.49. The van der Waals surface area contributed by atoms with Gasteiger partial charge in [0.15, 0.2) is 5.11 Å². The second-order valence-electron chi connectivity index (χ2n) is 4.81. The maximum Gasteiger partial charge on any atom is 0.244 e. The number of nitrogens with one attached hydrogen (secondary N) is 3. The van der Waals surface area contributed by atoms with E-state index >= 15 is 0 Å². The number of nitrogens with zero attached hydrogens (tertiary/aromatic N) is 1. The SMILES string of the molecule is Cn1cccc1CC(=O)NNC(=S)NC[C@H]1CCCO1. The average molecular weight is 296 g/mol. The van der Waals surface area contributed by atoms with Crippen LogP contribution < -0.4 is 16.2 Å². The summed E-state index contributed by atoms with van der Waals surface area (Å²) in [5, 5.41) is 3.43. The Labute approximate surface area is 123 Å². The summed E-state index contributed by atoms with van der Waals surface area (Å²) in [5.41, 5.74) is 6.22. The van der Waals surface area contributed by atoms with E-state index in [2.05, 4.69) is 16.2 Å². The van der Waals surface area contributed by atoms with E-state index in [-0.39, 0.29) is 12.0 Å². The van der Waals surface area contributed by atoms with Gasteiger partial charge < -0.3 is 14.6 Å². The molecule has 0 bridgehead atoms. The molecule has 2 heterocycles. The monoisotopic (exact) mass is 296 g/mol. The molecule has 0 aromatic carbocycles. The van der Waals surface area contributed by atoms with Gasteiger partial charge in [-0.25, -0.2) is 0 Å². The van der Waals surface area contributed by atoms with E-state index in [9.17, 15) is 4.79 Å². The zero-order chi connectivity index (χ0) is 14.4. The molecule has 110 valence electrons. The molecule has 1 aromatic heterocycles. The Bertz CT molecular complexity index is 469. The van der Waals surface area contributed by atoms with Gasteiger partial charge in [0.2, 0.25) is 5.91 Å². The predicted octanol–water partition coefficient (Wildman–Crippen LogP) is 0.242. The van der Waals surface area contributed by atoms with Crippen molar-refractivity contribution in [2.45, 2.75) is 25.4 Å². The molecule has 1 atom stereocenters. The average Bonchev–Trinajstić information content (AvgIpc) is 3.07. The van der Waals surface area contributed by atoms with E-state index in [1.807, 2.05) is 29.9 Å². The van der Waals surface area contributed by atoms with Gasteiger partial charge in [-0.1, -0.05) is 0 Å². The van der Waals surface area contributed by atoms with E-state index in [4.69, 9.17) is 17.0 Å². The largest absolute Gasteiger partial charge is 0.376 e. The van der Waals surface area contributed by atoms with Crippen LogP contribution in [0.4, 0.5) is 0 Å². The fourth-order valence-corrected chi connectivity index (χ4v) is 2.21. The molecule has 0 radical (unpaired) electrons. The molecule has 1 aliphatic heterocycles. The Morgan fingerprint density at radius 2 is 2.40 bits per heavy atom. The number of carbonyl (C=O) groups excluding carboxylic acids is 1. The molecule has 1 amide bonds. The van der Waals surface area contributed by atoms with Crippen molar-refractivity contribution in [1.29, 1.82) is 0 Å². The van der Waals surface area contributed by atoms with Gasteiger partial charge in [0.25, 0.3) is 0 Å². The number of aromatic nitrogens is 1. The fourth-order valence-electron chi connectivity index (χ4n) is 2.07. The smallest absolute Gasteiger partial charge is 0.244 e. The van der Waals surface area contributed by atoms with E-state index in [1.54, 1.807) is 0 Å². The lowest BCUT2D eigenvalue weighted by molar-refractivity contribution is -0.121. The molecule has 1 fully saturated rings. The van der Waals surface area contributed by atoms with Crippen LogP contribution in [0.5, 0.6) is 0 Å². The number of rotatable bonds is 4. The van der Waals surface area contributed by atoms with Crippen LogP contribution in [0.1, 0.15) is 18.5 Å². The number of hydrogen-bond donors (Lipinski definition) is 3. The third-order valence-electron chi connectivity index (χ3n) is 3.22. The van der Waals surface area contributed by atoms with Crippen LogP contribution in [0, 0.1) is 0 Å². The lowest BCUT2D eigenvalue weighted by Gasteiger charge is -2.14. The minimum atomic E-state index is -0.131. The molecule has 6 nitrogen and oxygen atoms in total. The second kappa shape index (κ2) is 7.25. The highest BCUT2D eigenvalue weighted by molar-refractivity contribution is 7.80. The number of hydrogen-bond acceptors (Lipinski definition) is 3. The first-order chi connectivity index (χ1) is 9.65. The first-order valence-electron chi connectivity index (χ1n) is 6.69. The first-order valence-corrected chi connectivity index (χ1v) is 7.10. The molecule has 1 saturated heterocycles. The maximum atomic E-state index is 11.7. The fraction of sp³-hybridized carbons (Fsp3) is 0.538. The van der Waals surface area contributed by atoms with E-state index in [0.29, 0.717) is 18.1 Å². The lowest BCUT2D eigenvalue weighted by atomic mass is 10.2. The topological polar surface area (TPSA) is 67.3 Å². The summed E-state index contributed by atoms with van der Waals surface area (Å²) in [7, 11) is 1.91. The standard InChI is InChI=1S/C13H20N4O2S/c1-17-6-2-4-10(17)8-12(18)15-16-13(20)14-9-11-5-3-7-19-11/h2,4,6,11H,3,5,7-9H2,1H3,(H,15,18)(H2,14,16,20)/t11-/m1/s1. The van der Waals surface area contributed by atoms with Crippen LogP contribution in [0.15, 0.2) is 18.3 Å². The molecule has 3 N–H and O–H groups in total. The molecular formula is C13H20N4O2S. The summed E-state index contributed by atoms with van der Waals surface area (Å²) in [6, 6.07) is 3.82. The highest BCUT2D eigenvalue weighted by Gasteiger charge is 2.15. The van der Waals surface area contributed by atoms with Gasteiger partial charge >= 0.3 is 0 Å². The van der Waals surface area contributed by atoms with Crippen LogP contribution in [0.25, 0.3) is 0 Å².